The van der Waals surface area contributed by atoms with Crippen molar-refractivity contribution < 1.29 is 18.0 Å². The van der Waals surface area contributed by atoms with Crippen molar-refractivity contribution >= 4 is 55.1 Å². The quantitative estimate of drug-likeness (QED) is 0.326. The van der Waals surface area contributed by atoms with Crippen molar-refractivity contribution in [2.24, 2.45) is 0 Å². The molecule has 1 atom stereocenters. The maximum absolute atomic E-state index is 13.8. The molecule has 7 nitrogen and oxygen atoms in total. The Kier molecular flexibility index (Phi) is 9.98. The van der Waals surface area contributed by atoms with Crippen LogP contribution in [-0.2, 0) is 26.2 Å². The summed E-state index contributed by atoms with van der Waals surface area (Å²) in [4.78, 5) is 28.0. The fourth-order valence-electron chi connectivity index (χ4n) is 3.84. The number of rotatable bonds is 10. The monoisotopic (exact) mass is 619 g/mol. The summed E-state index contributed by atoms with van der Waals surface area (Å²) in [5.74, 6) is -0.863. The summed E-state index contributed by atoms with van der Waals surface area (Å²) in [6.07, 6.45) is 0. The molecule has 0 fully saturated rings. The van der Waals surface area contributed by atoms with Gasteiger partial charge in [0.2, 0.25) is 11.8 Å². The second-order valence-electron chi connectivity index (χ2n) is 8.98. The van der Waals surface area contributed by atoms with Crippen LogP contribution in [-0.4, -0.2) is 44.3 Å². The van der Waals surface area contributed by atoms with Crippen LogP contribution in [0.4, 0.5) is 5.69 Å². The van der Waals surface area contributed by atoms with Gasteiger partial charge < -0.3 is 10.2 Å². The lowest BCUT2D eigenvalue weighted by molar-refractivity contribution is -0.139. The lowest BCUT2D eigenvalue weighted by Crippen LogP contribution is -2.51. The highest BCUT2D eigenvalue weighted by Crippen LogP contribution is 2.29. The molecule has 0 saturated heterocycles. The zero-order valence-electron chi connectivity index (χ0n) is 21.7. The fourth-order valence-corrected chi connectivity index (χ4v) is 5.87. The van der Waals surface area contributed by atoms with Crippen LogP contribution < -0.4 is 9.62 Å². The highest BCUT2D eigenvalue weighted by atomic mass is 79.9. The molecule has 3 rings (SSSR count). The summed E-state index contributed by atoms with van der Waals surface area (Å²) >= 11 is 9.79. The topological polar surface area (TPSA) is 86.8 Å². The van der Waals surface area contributed by atoms with E-state index < -0.39 is 28.5 Å². The van der Waals surface area contributed by atoms with Crippen molar-refractivity contribution in [3.05, 3.63) is 92.9 Å². The molecule has 3 aromatic carbocycles. The van der Waals surface area contributed by atoms with Gasteiger partial charge in [0.1, 0.15) is 12.6 Å². The molecule has 0 aliphatic heterocycles. The summed E-state index contributed by atoms with van der Waals surface area (Å²) in [6.45, 7) is 7.09. The molecule has 10 heteroatoms. The van der Waals surface area contributed by atoms with Gasteiger partial charge in [-0.15, -0.1) is 0 Å². The number of hydrogen-bond acceptors (Lipinski definition) is 4. The van der Waals surface area contributed by atoms with E-state index in [-0.39, 0.29) is 23.0 Å². The van der Waals surface area contributed by atoms with E-state index in [1.807, 2.05) is 38.1 Å². The molecule has 0 heterocycles. The number of aryl methyl sites for hydroxylation is 2. The van der Waals surface area contributed by atoms with Gasteiger partial charge in [-0.25, -0.2) is 8.42 Å². The third-order valence-electron chi connectivity index (χ3n) is 6.09. The van der Waals surface area contributed by atoms with E-state index in [4.69, 9.17) is 11.6 Å². The van der Waals surface area contributed by atoms with Crippen LogP contribution in [0.3, 0.4) is 0 Å². The second-order valence-corrected chi connectivity index (χ2v) is 12.2. The number of benzene rings is 3. The van der Waals surface area contributed by atoms with Crippen LogP contribution in [0.25, 0.3) is 0 Å². The highest BCUT2D eigenvalue weighted by Gasteiger charge is 2.32. The number of carbonyl (C=O) groups is 2. The number of nitrogens with one attached hydrogen (secondary N) is 1. The molecule has 0 radical (unpaired) electrons. The average molecular weight is 621 g/mol. The first-order valence-corrected chi connectivity index (χ1v) is 14.7. The van der Waals surface area contributed by atoms with Gasteiger partial charge in [0.25, 0.3) is 10.0 Å². The molecule has 0 aromatic heterocycles. The molecule has 1 unspecified atom stereocenters. The first-order chi connectivity index (χ1) is 17.9. The normalized spacial score (nSPS) is 12.1. The average Bonchev–Trinajstić information content (AvgIpc) is 2.87. The van der Waals surface area contributed by atoms with E-state index in [0.717, 1.165) is 25.5 Å². The smallest absolute Gasteiger partial charge is 0.264 e. The predicted octanol–water partition coefficient (Wildman–Crippen LogP) is 5.47. The van der Waals surface area contributed by atoms with Crippen molar-refractivity contribution in [1.29, 1.82) is 0 Å². The molecule has 1 N–H and O–H groups in total. The van der Waals surface area contributed by atoms with Gasteiger partial charge in [-0.05, 0) is 75.2 Å². The number of carbonyl (C=O) groups excluding carboxylic acids is 2. The minimum Gasteiger partial charge on any atom is -0.355 e. The minimum absolute atomic E-state index is 0.0444. The molecule has 3 aromatic rings. The van der Waals surface area contributed by atoms with Crippen molar-refractivity contribution in [1.82, 2.24) is 10.2 Å². The lowest BCUT2D eigenvalue weighted by Gasteiger charge is -2.32. The first-order valence-electron chi connectivity index (χ1n) is 12.1. The number of nitrogens with zero attached hydrogens (tertiary/aromatic N) is 2. The Bertz CT molecular complexity index is 1410. The molecule has 38 heavy (non-hydrogen) atoms. The Hall–Kier alpha value is -2.88. The third-order valence-corrected chi connectivity index (χ3v) is 8.78. The Morgan fingerprint density at radius 3 is 2.32 bits per heavy atom. The third kappa shape index (κ3) is 7.15. The minimum atomic E-state index is -4.15. The van der Waals surface area contributed by atoms with E-state index in [2.05, 4.69) is 21.2 Å². The lowest BCUT2D eigenvalue weighted by atomic mass is 10.1. The van der Waals surface area contributed by atoms with E-state index in [1.165, 1.54) is 23.1 Å². The van der Waals surface area contributed by atoms with Gasteiger partial charge in [0.05, 0.1) is 10.6 Å². The highest BCUT2D eigenvalue weighted by molar-refractivity contribution is 9.10. The number of likely N-dealkylation sites (N-methyl/N-ethyl adjacent to an activating group) is 1. The Labute approximate surface area is 238 Å². The molecular weight excluding hydrogens is 590 g/mol. The van der Waals surface area contributed by atoms with Crippen LogP contribution in [0.2, 0.25) is 5.02 Å². The zero-order chi connectivity index (χ0) is 28.0. The molecule has 0 aliphatic rings. The van der Waals surface area contributed by atoms with Crippen LogP contribution in [0.5, 0.6) is 0 Å². The molecule has 0 bridgehead atoms. The maximum Gasteiger partial charge on any atom is 0.264 e. The van der Waals surface area contributed by atoms with Crippen molar-refractivity contribution in [3.63, 3.8) is 0 Å². The van der Waals surface area contributed by atoms with E-state index in [9.17, 15) is 18.0 Å². The number of amides is 2. The zero-order valence-corrected chi connectivity index (χ0v) is 24.9. The summed E-state index contributed by atoms with van der Waals surface area (Å²) in [5.41, 5.74) is 2.72. The van der Waals surface area contributed by atoms with Gasteiger partial charge >= 0.3 is 0 Å². The first kappa shape index (κ1) is 29.7. The summed E-state index contributed by atoms with van der Waals surface area (Å²) in [6, 6.07) is 17.8. The fraction of sp³-hybridized carbons (Fsp3) is 0.286. The standard InChI is InChI=1S/C28H31BrClN3O4S/c1-5-31-28(35)21(4)32(17-22-7-6-8-23(29)15-22)27(34)18-33(24-12-11-20(3)26(30)16-24)38(36,37)25-13-9-19(2)10-14-25/h6-16,21H,5,17-18H2,1-4H3,(H,31,35). The number of halogens is 2. The maximum atomic E-state index is 13.8. The Morgan fingerprint density at radius 2 is 1.71 bits per heavy atom. The largest absolute Gasteiger partial charge is 0.355 e. The molecular formula is C28H31BrClN3O4S. The van der Waals surface area contributed by atoms with Crippen molar-refractivity contribution in [3.8, 4) is 0 Å². The van der Waals surface area contributed by atoms with Gasteiger partial charge in [-0.1, -0.05) is 63.4 Å². The van der Waals surface area contributed by atoms with Gasteiger partial charge in [-0.2, -0.15) is 0 Å². The van der Waals surface area contributed by atoms with Gasteiger partial charge in [0.15, 0.2) is 0 Å². The van der Waals surface area contributed by atoms with E-state index >= 15 is 0 Å². The Balaban J connectivity index is 2.06. The van der Waals surface area contributed by atoms with E-state index in [0.29, 0.717) is 11.6 Å². The summed E-state index contributed by atoms with van der Waals surface area (Å²) < 4.78 is 29.5. The predicted molar refractivity (Wildman–Crippen MR) is 155 cm³/mol. The van der Waals surface area contributed by atoms with Crippen LogP contribution in [0.15, 0.2) is 76.1 Å². The summed E-state index contributed by atoms with van der Waals surface area (Å²) in [5, 5.41) is 3.12. The SMILES string of the molecule is CCNC(=O)C(C)N(Cc1cccc(Br)c1)C(=O)CN(c1ccc(C)c(Cl)c1)S(=O)(=O)c1ccc(C)cc1. The molecule has 0 spiro atoms. The summed E-state index contributed by atoms with van der Waals surface area (Å²) in [7, 11) is -4.15. The molecule has 0 saturated carbocycles. The molecule has 2 amide bonds. The van der Waals surface area contributed by atoms with E-state index in [1.54, 1.807) is 38.1 Å². The van der Waals surface area contributed by atoms with Gasteiger partial charge in [-0.3, -0.25) is 13.9 Å². The van der Waals surface area contributed by atoms with Crippen molar-refractivity contribution in [2.45, 2.75) is 45.2 Å². The van der Waals surface area contributed by atoms with Crippen LogP contribution in [0, 0.1) is 13.8 Å². The van der Waals surface area contributed by atoms with Gasteiger partial charge in [0, 0.05) is 22.6 Å². The van der Waals surface area contributed by atoms with Crippen LogP contribution >= 0.6 is 27.5 Å². The second kappa shape index (κ2) is 12.8. The van der Waals surface area contributed by atoms with Crippen molar-refractivity contribution in [2.75, 3.05) is 17.4 Å². The molecule has 202 valence electrons. The van der Waals surface area contributed by atoms with Crippen LogP contribution in [0.1, 0.15) is 30.5 Å². The number of anilines is 1. The Morgan fingerprint density at radius 1 is 1.03 bits per heavy atom. The molecule has 0 aliphatic carbocycles. The number of hydrogen-bond donors (Lipinski definition) is 1. The number of sulfonamides is 1.